The Kier molecular flexibility index (Phi) is 9.65. The summed E-state index contributed by atoms with van der Waals surface area (Å²) in [4.78, 5) is 43.5. The fraction of sp³-hybridized carbons (Fsp3) is 0.269. The topological polar surface area (TPSA) is 157 Å². The van der Waals surface area contributed by atoms with E-state index in [1.165, 1.54) is 23.2 Å². The molecule has 2 amide bonds. The molecule has 41 heavy (non-hydrogen) atoms. The van der Waals surface area contributed by atoms with E-state index in [1.807, 2.05) is 0 Å². The number of aromatic nitrogens is 2. The smallest absolute Gasteiger partial charge is 0.490 e. The number of halogens is 4. The minimum atomic E-state index is -5.08. The normalized spacial score (nSPS) is 14.0. The molecule has 1 aromatic heterocycles. The van der Waals surface area contributed by atoms with Gasteiger partial charge in [-0.2, -0.15) is 13.2 Å². The average molecular weight is 580 g/mol. The molecule has 0 saturated heterocycles. The molecule has 3 aromatic rings. The zero-order valence-electron chi connectivity index (χ0n) is 21.7. The maximum absolute atomic E-state index is 13.6. The first-order valence-corrected chi connectivity index (χ1v) is 11.8. The van der Waals surface area contributed by atoms with Crippen molar-refractivity contribution in [3.63, 3.8) is 0 Å². The minimum absolute atomic E-state index is 0.120. The van der Waals surface area contributed by atoms with Crippen LogP contribution in [0.1, 0.15) is 5.56 Å². The number of carbonyl (C=O) groups is 3. The summed E-state index contributed by atoms with van der Waals surface area (Å²) < 4.78 is 56.7. The molecule has 4 rings (SSSR count). The fourth-order valence-electron chi connectivity index (χ4n) is 3.47. The van der Waals surface area contributed by atoms with Crippen LogP contribution in [0.4, 0.5) is 29.2 Å². The lowest BCUT2D eigenvalue weighted by atomic mass is 9.95. The zero-order valence-corrected chi connectivity index (χ0v) is 21.7. The predicted molar refractivity (Wildman–Crippen MR) is 137 cm³/mol. The van der Waals surface area contributed by atoms with Gasteiger partial charge in [-0.3, -0.25) is 9.59 Å². The van der Waals surface area contributed by atoms with Crippen LogP contribution in [0.5, 0.6) is 11.5 Å². The van der Waals surface area contributed by atoms with Crippen LogP contribution in [0.2, 0.25) is 0 Å². The van der Waals surface area contributed by atoms with E-state index in [1.54, 1.807) is 44.4 Å². The van der Waals surface area contributed by atoms with Crippen LogP contribution in [0.3, 0.4) is 0 Å². The molecule has 0 bridgehead atoms. The summed E-state index contributed by atoms with van der Waals surface area (Å²) in [5.41, 5.74) is 7.94. The number of alkyl halides is 3. The number of nitrogens with zero attached hydrogens (tertiary/aromatic N) is 3. The van der Waals surface area contributed by atoms with Crippen molar-refractivity contribution in [3.8, 4) is 22.8 Å². The van der Waals surface area contributed by atoms with E-state index in [0.717, 1.165) is 0 Å². The van der Waals surface area contributed by atoms with Crippen LogP contribution in [-0.4, -0.2) is 71.2 Å². The number of nitrogens with one attached hydrogen (secondary N) is 1. The fourth-order valence-corrected chi connectivity index (χ4v) is 3.47. The number of hydrogen-bond donors (Lipinski definition) is 3. The molecule has 4 N–H and O–H groups in total. The number of likely N-dealkylation sites (N-methyl/N-ethyl adjacent to an activating group) is 1. The summed E-state index contributed by atoms with van der Waals surface area (Å²) in [7, 11) is 3.25. The Morgan fingerprint density at radius 3 is 2.51 bits per heavy atom. The summed E-state index contributed by atoms with van der Waals surface area (Å²) in [6, 6.07) is 11.0. The monoisotopic (exact) mass is 579 g/mol. The van der Waals surface area contributed by atoms with Crippen LogP contribution in [0.25, 0.3) is 11.3 Å². The number of amides is 2. The van der Waals surface area contributed by atoms with Crippen LogP contribution in [-0.2, 0) is 20.8 Å². The van der Waals surface area contributed by atoms with Crippen molar-refractivity contribution in [1.29, 1.82) is 0 Å². The molecule has 1 unspecified atom stereocenters. The molecule has 2 aromatic carbocycles. The highest BCUT2D eigenvalue weighted by Gasteiger charge is 2.38. The lowest BCUT2D eigenvalue weighted by Gasteiger charge is -2.25. The van der Waals surface area contributed by atoms with Gasteiger partial charge in [-0.05, 0) is 48.4 Å². The van der Waals surface area contributed by atoms with Gasteiger partial charge in [-0.1, -0.05) is 6.07 Å². The van der Waals surface area contributed by atoms with Gasteiger partial charge in [-0.15, -0.1) is 0 Å². The average Bonchev–Trinajstić information content (AvgIpc) is 2.91. The Labute approximate surface area is 230 Å². The van der Waals surface area contributed by atoms with Crippen molar-refractivity contribution in [2.45, 2.75) is 12.6 Å². The standard InChI is InChI=1S/C24H24FN5O4.C2HF3O2/c1-30(2)22(31)13-34-21-11-14(18-7-8-27-24(26)29-18)3-5-19(21)28-23(32)16-9-15-10-17(25)4-6-20(15)33-12-16;3-2(4,5)1(6)7/h3-8,10-11,16H,9,12-13H2,1-2H3,(H,28,32)(H2,26,27,29);(H,6,7). The molecule has 1 aliphatic rings. The molecule has 2 heterocycles. The highest BCUT2D eigenvalue weighted by atomic mass is 19.4. The molecule has 0 radical (unpaired) electrons. The first-order chi connectivity index (χ1) is 19.2. The van der Waals surface area contributed by atoms with E-state index in [-0.39, 0.29) is 36.8 Å². The number of benzene rings is 2. The number of nitrogen functional groups attached to an aromatic ring is 1. The van der Waals surface area contributed by atoms with Gasteiger partial charge in [0.2, 0.25) is 11.9 Å². The van der Waals surface area contributed by atoms with E-state index in [0.29, 0.717) is 40.4 Å². The van der Waals surface area contributed by atoms with Crippen molar-refractivity contribution in [2.75, 3.05) is 38.4 Å². The summed E-state index contributed by atoms with van der Waals surface area (Å²) in [5.74, 6) is -3.23. The van der Waals surface area contributed by atoms with Crippen LogP contribution < -0.4 is 20.5 Å². The van der Waals surface area contributed by atoms with E-state index in [2.05, 4.69) is 15.3 Å². The van der Waals surface area contributed by atoms with Crippen LogP contribution >= 0.6 is 0 Å². The minimum Gasteiger partial charge on any atom is -0.492 e. The Morgan fingerprint density at radius 1 is 1.17 bits per heavy atom. The summed E-state index contributed by atoms with van der Waals surface area (Å²) in [6.45, 7) is -0.0531. The molecule has 0 fully saturated rings. The zero-order chi connectivity index (χ0) is 30.3. The maximum atomic E-state index is 13.6. The first-order valence-electron chi connectivity index (χ1n) is 11.8. The number of nitrogens with two attached hydrogens (primary N) is 1. The molecular formula is C26H25F4N5O6. The summed E-state index contributed by atoms with van der Waals surface area (Å²) >= 11 is 0. The molecule has 0 aliphatic carbocycles. The Bertz CT molecular complexity index is 1430. The van der Waals surface area contributed by atoms with Crippen LogP contribution in [0, 0.1) is 11.7 Å². The van der Waals surface area contributed by atoms with Gasteiger partial charge in [0.05, 0.1) is 17.3 Å². The van der Waals surface area contributed by atoms with Crippen molar-refractivity contribution >= 4 is 29.4 Å². The van der Waals surface area contributed by atoms with Gasteiger partial charge in [0.25, 0.3) is 5.91 Å². The quantitative estimate of drug-likeness (QED) is 0.373. The van der Waals surface area contributed by atoms with E-state index in [9.17, 15) is 27.2 Å². The number of hydrogen-bond acceptors (Lipinski definition) is 8. The predicted octanol–water partition coefficient (Wildman–Crippen LogP) is 3.16. The molecule has 1 aliphatic heterocycles. The van der Waals surface area contributed by atoms with Gasteiger partial charge >= 0.3 is 12.1 Å². The number of fused-ring (bicyclic) bond motifs is 1. The number of anilines is 2. The summed E-state index contributed by atoms with van der Waals surface area (Å²) in [5, 5.41) is 9.97. The van der Waals surface area contributed by atoms with E-state index in [4.69, 9.17) is 25.1 Å². The molecule has 11 nitrogen and oxygen atoms in total. The van der Waals surface area contributed by atoms with Crippen molar-refractivity contribution in [2.24, 2.45) is 5.92 Å². The van der Waals surface area contributed by atoms with Gasteiger partial charge < -0.3 is 30.5 Å². The molecule has 1 atom stereocenters. The summed E-state index contributed by atoms with van der Waals surface area (Å²) in [6.07, 6.45) is -3.21. The van der Waals surface area contributed by atoms with Gasteiger partial charge in [0, 0.05) is 25.9 Å². The second kappa shape index (κ2) is 12.9. The lowest BCUT2D eigenvalue weighted by molar-refractivity contribution is -0.192. The highest BCUT2D eigenvalue weighted by Crippen LogP contribution is 2.33. The number of carbonyl (C=O) groups excluding carboxylic acids is 2. The third-order valence-corrected chi connectivity index (χ3v) is 5.60. The largest absolute Gasteiger partial charge is 0.492 e. The Hall–Kier alpha value is -4.95. The Balaban J connectivity index is 0.000000587. The highest BCUT2D eigenvalue weighted by molar-refractivity contribution is 5.95. The SMILES string of the molecule is CN(C)C(=O)COc1cc(-c2ccnc(N)n2)ccc1NC(=O)C1COc2ccc(F)cc2C1.O=C(O)C(F)(F)F. The molecule has 15 heteroatoms. The van der Waals surface area contributed by atoms with Gasteiger partial charge in [0.15, 0.2) is 6.61 Å². The Morgan fingerprint density at radius 2 is 1.88 bits per heavy atom. The molecule has 218 valence electrons. The third kappa shape index (κ3) is 8.52. The van der Waals surface area contributed by atoms with Crippen molar-refractivity contribution in [1.82, 2.24) is 14.9 Å². The van der Waals surface area contributed by atoms with Gasteiger partial charge in [-0.25, -0.2) is 19.2 Å². The van der Waals surface area contributed by atoms with Crippen LogP contribution in [0.15, 0.2) is 48.7 Å². The van der Waals surface area contributed by atoms with E-state index >= 15 is 0 Å². The lowest BCUT2D eigenvalue weighted by Crippen LogP contribution is -2.33. The first kappa shape index (κ1) is 30.6. The number of carboxylic acids is 1. The number of rotatable bonds is 6. The maximum Gasteiger partial charge on any atom is 0.490 e. The van der Waals surface area contributed by atoms with E-state index < -0.39 is 18.1 Å². The number of aliphatic carboxylic acids is 1. The second-order valence-electron chi connectivity index (χ2n) is 8.84. The third-order valence-electron chi connectivity index (χ3n) is 5.60. The van der Waals surface area contributed by atoms with Gasteiger partial charge in [0.1, 0.15) is 23.9 Å². The molecule has 0 spiro atoms. The van der Waals surface area contributed by atoms with Crippen molar-refractivity contribution < 1.29 is 46.5 Å². The number of ether oxygens (including phenoxy) is 2. The molecule has 0 saturated carbocycles. The second-order valence-corrected chi connectivity index (χ2v) is 8.84. The molecular weight excluding hydrogens is 554 g/mol. The van der Waals surface area contributed by atoms with Crippen molar-refractivity contribution in [3.05, 3.63) is 60.0 Å². The number of carboxylic acid groups (broad SMARTS) is 1.